The molecular formula is C25H25N2O+. The minimum Gasteiger partial charge on any atom is -0.456 e. The van der Waals surface area contributed by atoms with E-state index in [1.807, 2.05) is 13.0 Å². The molecule has 0 radical (unpaired) electrons. The maximum absolute atomic E-state index is 7.59. The zero-order chi connectivity index (χ0) is 20.0. The molecule has 0 aliphatic carbocycles. The summed E-state index contributed by atoms with van der Waals surface area (Å²) < 4.78 is 8.64. The van der Waals surface area contributed by atoms with Crippen LogP contribution in [0.25, 0.3) is 38.0 Å². The minimum absolute atomic E-state index is 0.506. The number of furan rings is 1. The van der Waals surface area contributed by atoms with Crippen LogP contribution in [0.5, 0.6) is 0 Å². The van der Waals surface area contributed by atoms with E-state index in [0.29, 0.717) is 11.6 Å². The lowest BCUT2D eigenvalue weighted by Gasteiger charge is -2.09. The lowest BCUT2D eigenvalue weighted by atomic mass is 9.94. The number of nitrogens with zero attached hydrogens (tertiary/aromatic N) is 2. The SMILES string of the molecule is [C-]#[N+]c1cc(CC(C)C)c2c(oc3c(-c4cccc[n+]4C)c(C)ccc32)c1C. The van der Waals surface area contributed by atoms with Crippen LogP contribution in [0.2, 0.25) is 0 Å². The van der Waals surface area contributed by atoms with E-state index in [2.05, 4.69) is 73.8 Å². The molecule has 2 heterocycles. The largest absolute Gasteiger partial charge is 0.456 e. The highest BCUT2D eigenvalue weighted by Crippen LogP contribution is 2.42. The van der Waals surface area contributed by atoms with Gasteiger partial charge in [-0.25, -0.2) is 9.41 Å². The van der Waals surface area contributed by atoms with Gasteiger partial charge in [-0.1, -0.05) is 32.0 Å². The summed E-state index contributed by atoms with van der Waals surface area (Å²) in [6.45, 7) is 16.1. The fraction of sp³-hybridized carbons (Fsp3) is 0.280. The van der Waals surface area contributed by atoms with E-state index >= 15 is 0 Å². The third kappa shape index (κ3) is 2.77. The minimum atomic E-state index is 0.506. The highest BCUT2D eigenvalue weighted by Gasteiger charge is 2.23. The van der Waals surface area contributed by atoms with Gasteiger partial charge in [0.2, 0.25) is 5.69 Å². The van der Waals surface area contributed by atoms with Crippen molar-refractivity contribution in [2.75, 3.05) is 0 Å². The summed E-state index contributed by atoms with van der Waals surface area (Å²) in [4.78, 5) is 3.76. The van der Waals surface area contributed by atoms with Crippen molar-refractivity contribution < 1.29 is 8.98 Å². The maximum Gasteiger partial charge on any atom is 0.216 e. The summed E-state index contributed by atoms with van der Waals surface area (Å²) in [5.74, 6) is 0.506. The van der Waals surface area contributed by atoms with Crippen LogP contribution < -0.4 is 4.57 Å². The lowest BCUT2D eigenvalue weighted by molar-refractivity contribution is -0.660. The predicted octanol–water partition coefficient (Wildman–Crippen LogP) is 6.44. The molecule has 0 aliphatic heterocycles. The zero-order valence-corrected chi connectivity index (χ0v) is 17.1. The van der Waals surface area contributed by atoms with Gasteiger partial charge in [0.15, 0.2) is 11.9 Å². The molecule has 2 aromatic carbocycles. The third-order valence-corrected chi connectivity index (χ3v) is 5.48. The molecule has 0 bridgehead atoms. The molecule has 0 amide bonds. The Bertz CT molecular complexity index is 1260. The van der Waals surface area contributed by atoms with Crippen molar-refractivity contribution in [2.45, 2.75) is 34.1 Å². The van der Waals surface area contributed by atoms with Gasteiger partial charge >= 0.3 is 0 Å². The van der Waals surface area contributed by atoms with Crippen LogP contribution in [0.4, 0.5) is 5.69 Å². The first kappa shape index (κ1) is 18.3. The monoisotopic (exact) mass is 369 g/mol. The first-order valence-corrected chi connectivity index (χ1v) is 9.73. The molecular weight excluding hydrogens is 344 g/mol. The molecule has 0 unspecified atom stereocenters. The van der Waals surface area contributed by atoms with Gasteiger partial charge in [0, 0.05) is 22.9 Å². The Morgan fingerprint density at radius 2 is 1.89 bits per heavy atom. The second-order valence-corrected chi connectivity index (χ2v) is 8.03. The number of aromatic nitrogens is 1. The summed E-state index contributed by atoms with van der Waals surface area (Å²) >= 11 is 0. The predicted molar refractivity (Wildman–Crippen MR) is 115 cm³/mol. The average molecular weight is 369 g/mol. The summed E-state index contributed by atoms with van der Waals surface area (Å²) in [5.41, 5.74) is 8.00. The highest BCUT2D eigenvalue weighted by molar-refractivity contribution is 6.13. The maximum atomic E-state index is 7.59. The van der Waals surface area contributed by atoms with Gasteiger partial charge in [-0.15, -0.1) is 0 Å². The standard InChI is InChI=1S/C25H25N2O/c1-15(2)13-18-14-20(26-5)17(4)24-23(18)19-11-10-16(3)22(25(19)28-24)21-9-7-8-12-27(21)6/h7-12,14-15H,13H2,1-4,6H3/q+1. The second-order valence-electron chi connectivity index (χ2n) is 8.03. The number of benzene rings is 2. The Labute approximate surface area is 166 Å². The van der Waals surface area contributed by atoms with Crippen molar-refractivity contribution in [3.8, 4) is 11.3 Å². The fourth-order valence-electron chi connectivity index (χ4n) is 4.12. The first-order chi connectivity index (χ1) is 13.4. The number of hydrogen-bond acceptors (Lipinski definition) is 1. The van der Waals surface area contributed by atoms with E-state index in [0.717, 1.165) is 45.2 Å². The average Bonchev–Trinajstić information content (AvgIpc) is 3.05. The van der Waals surface area contributed by atoms with E-state index < -0.39 is 0 Å². The zero-order valence-electron chi connectivity index (χ0n) is 17.1. The van der Waals surface area contributed by atoms with Gasteiger partial charge in [0.05, 0.1) is 12.1 Å². The molecule has 0 atom stereocenters. The smallest absolute Gasteiger partial charge is 0.216 e. The lowest BCUT2D eigenvalue weighted by Crippen LogP contribution is -2.30. The van der Waals surface area contributed by atoms with Gasteiger partial charge in [0.1, 0.15) is 18.2 Å². The van der Waals surface area contributed by atoms with E-state index in [-0.39, 0.29) is 0 Å². The van der Waals surface area contributed by atoms with Gasteiger partial charge in [0.25, 0.3) is 0 Å². The van der Waals surface area contributed by atoms with Gasteiger partial charge in [-0.2, -0.15) is 0 Å². The molecule has 3 heteroatoms. The van der Waals surface area contributed by atoms with Crippen molar-refractivity contribution in [1.82, 2.24) is 0 Å². The normalized spacial score (nSPS) is 11.5. The third-order valence-electron chi connectivity index (χ3n) is 5.48. The van der Waals surface area contributed by atoms with Crippen LogP contribution in [0, 0.1) is 26.3 Å². The summed E-state index contributed by atoms with van der Waals surface area (Å²) in [5, 5.41) is 2.29. The van der Waals surface area contributed by atoms with Gasteiger partial charge in [-0.3, -0.25) is 0 Å². The molecule has 4 aromatic rings. The summed E-state index contributed by atoms with van der Waals surface area (Å²) in [7, 11) is 2.06. The molecule has 140 valence electrons. The Kier molecular flexibility index (Phi) is 4.43. The summed E-state index contributed by atoms with van der Waals surface area (Å²) in [6, 6.07) is 12.6. The Morgan fingerprint density at radius 3 is 2.57 bits per heavy atom. The van der Waals surface area contributed by atoms with Crippen molar-refractivity contribution in [3.63, 3.8) is 0 Å². The van der Waals surface area contributed by atoms with Gasteiger partial charge < -0.3 is 4.42 Å². The molecule has 28 heavy (non-hydrogen) atoms. The van der Waals surface area contributed by atoms with Crippen LogP contribution in [0.3, 0.4) is 0 Å². The Balaban J connectivity index is 2.17. The quantitative estimate of drug-likeness (QED) is 0.301. The number of hydrogen-bond donors (Lipinski definition) is 0. The fourth-order valence-corrected chi connectivity index (χ4v) is 4.12. The second kappa shape index (κ2) is 6.80. The van der Waals surface area contributed by atoms with E-state index in [9.17, 15) is 0 Å². The molecule has 0 aliphatic rings. The Hall–Kier alpha value is -3.12. The summed E-state index contributed by atoms with van der Waals surface area (Å²) in [6.07, 6.45) is 2.99. The van der Waals surface area contributed by atoms with Gasteiger partial charge in [-0.05, 0) is 48.9 Å². The van der Waals surface area contributed by atoms with Crippen LogP contribution in [-0.4, -0.2) is 0 Å². The van der Waals surface area contributed by atoms with Crippen LogP contribution in [0.1, 0.15) is 30.5 Å². The number of aryl methyl sites for hydroxylation is 3. The molecule has 3 nitrogen and oxygen atoms in total. The topological polar surface area (TPSA) is 21.4 Å². The number of rotatable bonds is 3. The van der Waals surface area contributed by atoms with Crippen molar-refractivity contribution in [2.24, 2.45) is 13.0 Å². The van der Waals surface area contributed by atoms with E-state index in [1.54, 1.807) is 0 Å². The van der Waals surface area contributed by atoms with Crippen molar-refractivity contribution >= 4 is 27.6 Å². The van der Waals surface area contributed by atoms with Crippen molar-refractivity contribution in [3.05, 3.63) is 70.7 Å². The number of pyridine rings is 1. The molecule has 2 aromatic heterocycles. The molecule has 4 rings (SSSR count). The van der Waals surface area contributed by atoms with Crippen molar-refractivity contribution in [1.29, 1.82) is 0 Å². The first-order valence-electron chi connectivity index (χ1n) is 9.73. The van der Waals surface area contributed by atoms with E-state index in [4.69, 9.17) is 11.0 Å². The van der Waals surface area contributed by atoms with Crippen LogP contribution in [0.15, 0.2) is 47.0 Å². The van der Waals surface area contributed by atoms with Crippen LogP contribution in [-0.2, 0) is 13.5 Å². The number of fused-ring (bicyclic) bond motifs is 3. The Morgan fingerprint density at radius 1 is 1.11 bits per heavy atom. The molecule has 0 fully saturated rings. The molecule has 0 spiro atoms. The highest BCUT2D eigenvalue weighted by atomic mass is 16.3. The molecule has 0 saturated heterocycles. The molecule has 0 saturated carbocycles. The van der Waals surface area contributed by atoms with E-state index in [1.165, 1.54) is 11.1 Å². The molecule has 0 N–H and O–H groups in total. The van der Waals surface area contributed by atoms with Crippen LogP contribution >= 0.6 is 0 Å².